The van der Waals surface area contributed by atoms with Crippen LogP contribution in [0.4, 0.5) is 0 Å². The summed E-state index contributed by atoms with van der Waals surface area (Å²) >= 11 is 2.29. The van der Waals surface area contributed by atoms with E-state index >= 15 is 0 Å². The number of hydrogen-bond acceptors (Lipinski definition) is 2. The third-order valence-corrected chi connectivity index (χ3v) is 3.57. The molecule has 3 nitrogen and oxygen atoms in total. The summed E-state index contributed by atoms with van der Waals surface area (Å²) in [6.45, 7) is 4.42. The largest absolute Gasteiger partial charge is 0.351 e. The Bertz CT molecular complexity index is 583. The van der Waals surface area contributed by atoms with Crippen molar-refractivity contribution in [2.45, 2.75) is 6.92 Å². The Hall–Kier alpha value is -1.14. The first-order valence-electron chi connectivity index (χ1n) is 6.39. The molecule has 0 fully saturated rings. The highest BCUT2D eigenvalue weighted by Crippen LogP contribution is 2.18. The van der Waals surface area contributed by atoms with Crippen molar-refractivity contribution in [1.29, 1.82) is 0 Å². The monoisotopic (exact) mass is 368 g/mol. The lowest BCUT2D eigenvalue weighted by molar-refractivity contribution is 0.0954. The highest BCUT2D eigenvalue weighted by molar-refractivity contribution is 14.1. The van der Waals surface area contributed by atoms with Gasteiger partial charge < -0.3 is 10.6 Å². The minimum absolute atomic E-state index is 0.0154. The van der Waals surface area contributed by atoms with Crippen LogP contribution in [0, 0.1) is 3.57 Å². The van der Waals surface area contributed by atoms with Gasteiger partial charge in [-0.2, -0.15) is 0 Å². The van der Waals surface area contributed by atoms with Crippen LogP contribution in [0.3, 0.4) is 0 Å². The van der Waals surface area contributed by atoms with Crippen LogP contribution in [-0.4, -0.2) is 25.5 Å². The molecule has 0 saturated heterocycles. The first-order chi connectivity index (χ1) is 9.20. The average molecular weight is 368 g/mol. The molecule has 0 atom stereocenters. The number of rotatable bonds is 5. The summed E-state index contributed by atoms with van der Waals surface area (Å²) in [6.07, 6.45) is 0. The molecule has 0 radical (unpaired) electrons. The molecule has 19 heavy (non-hydrogen) atoms. The van der Waals surface area contributed by atoms with Gasteiger partial charge in [0.1, 0.15) is 0 Å². The topological polar surface area (TPSA) is 41.1 Å². The fourth-order valence-electron chi connectivity index (χ4n) is 1.90. The Morgan fingerprint density at radius 3 is 2.63 bits per heavy atom. The standard InChI is InChI=1S/C15H17IN2O/c1-2-17-7-8-18-15(19)13-4-3-12-10-14(16)6-5-11(12)9-13/h3-6,9-10,17H,2,7-8H2,1H3,(H,18,19). The van der Waals surface area contributed by atoms with E-state index in [9.17, 15) is 4.79 Å². The Morgan fingerprint density at radius 2 is 1.84 bits per heavy atom. The normalized spacial score (nSPS) is 10.6. The van der Waals surface area contributed by atoms with Crippen LogP contribution in [0.2, 0.25) is 0 Å². The second-order valence-corrected chi connectivity index (χ2v) is 5.56. The molecule has 0 aliphatic carbocycles. The van der Waals surface area contributed by atoms with E-state index in [1.807, 2.05) is 31.2 Å². The molecular weight excluding hydrogens is 351 g/mol. The van der Waals surface area contributed by atoms with Crippen molar-refractivity contribution in [3.05, 3.63) is 45.5 Å². The Kier molecular flexibility index (Phi) is 5.15. The summed E-state index contributed by atoms with van der Waals surface area (Å²) in [4.78, 5) is 12.0. The van der Waals surface area contributed by atoms with Crippen molar-refractivity contribution in [2.75, 3.05) is 19.6 Å². The average Bonchev–Trinajstić information content (AvgIpc) is 2.42. The smallest absolute Gasteiger partial charge is 0.251 e. The number of likely N-dealkylation sites (N-methyl/N-ethyl adjacent to an activating group) is 1. The molecular formula is C15H17IN2O. The summed E-state index contributed by atoms with van der Waals surface area (Å²) in [6, 6.07) is 12.0. The van der Waals surface area contributed by atoms with E-state index in [0.717, 1.165) is 23.9 Å². The van der Waals surface area contributed by atoms with Gasteiger partial charge in [-0.3, -0.25) is 4.79 Å². The summed E-state index contributed by atoms with van der Waals surface area (Å²) in [7, 11) is 0. The van der Waals surface area contributed by atoms with E-state index in [-0.39, 0.29) is 5.91 Å². The molecule has 0 saturated carbocycles. The molecule has 0 unspecified atom stereocenters. The summed E-state index contributed by atoms with van der Waals surface area (Å²) in [5, 5.41) is 8.34. The summed E-state index contributed by atoms with van der Waals surface area (Å²) in [5.74, 6) is -0.0154. The molecule has 2 aromatic rings. The highest BCUT2D eigenvalue weighted by atomic mass is 127. The third-order valence-electron chi connectivity index (χ3n) is 2.90. The molecule has 1 amide bonds. The van der Waals surface area contributed by atoms with Gasteiger partial charge >= 0.3 is 0 Å². The van der Waals surface area contributed by atoms with Gasteiger partial charge in [-0.25, -0.2) is 0 Å². The third kappa shape index (κ3) is 3.91. The van der Waals surface area contributed by atoms with Crippen LogP contribution < -0.4 is 10.6 Å². The Morgan fingerprint density at radius 1 is 1.11 bits per heavy atom. The van der Waals surface area contributed by atoms with Gasteiger partial charge in [0.15, 0.2) is 0 Å². The minimum Gasteiger partial charge on any atom is -0.351 e. The van der Waals surface area contributed by atoms with E-state index in [2.05, 4.69) is 45.4 Å². The van der Waals surface area contributed by atoms with Crippen molar-refractivity contribution in [3.63, 3.8) is 0 Å². The lowest BCUT2D eigenvalue weighted by Gasteiger charge is -2.07. The molecule has 0 heterocycles. The van der Waals surface area contributed by atoms with Gasteiger partial charge in [-0.1, -0.05) is 19.1 Å². The molecule has 100 valence electrons. The minimum atomic E-state index is -0.0154. The number of carbonyl (C=O) groups is 1. The number of amides is 1. The number of hydrogen-bond donors (Lipinski definition) is 2. The maximum Gasteiger partial charge on any atom is 0.251 e. The molecule has 0 aliphatic heterocycles. The van der Waals surface area contributed by atoms with Crippen LogP contribution in [0.15, 0.2) is 36.4 Å². The Balaban J connectivity index is 2.08. The van der Waals surface area contributed by atoms with Crippen molar-refractivity contribution in [1.82, 2.24) is 10.6 Å². The maximum atomic E-state index is 12.0. The van der Waals surface area contributed by atoms with Gasteiger partial charge in [0.25, 0.3) is 5.91 Å². The van der Waals surface area contributed by atoms with E-state index < -0.39 is 0 Å². The summed E-state index contributed by atoms with van der Waals surface area (Å²) in [5.41, 5.74) is 0.713. The van der Waals surface area contributed by atoms with Crippen LogP contribution >= 0.6 is 22.6 Å². The second kappa shape index (κ2) is 6.86. The van der Waals surface area contributed by atoms with E-state index in [1.54, 1.807) is 0 Å². The molecule has 2 rings (SSSR count). The predicted octanol–water partition coefficient (Wildman–Crippen LogP) is 2.78. The van der Waals surface area contributed by atoms with Gasteiger partial charge in [0, 0.05) is 22.2 Å². The van der Waals surface area contributed by atoms with Crippen LogP contribution in [0.25, 0.3) is 10.8 Å². The van der Waals surface area contributed by atoms with E-state index in [1.165, 1.54) is 3.57 Å². The zero-order valence-corrected chi connectivity index (χ0v) is 13.0. The quantitative estimate of drug-likeness (QED) is 0.630. The SMILES string of the molecule is CCNCCNC(=O)c1ccc2cc(I)ccc2c1. The molecule has 0 spiro atoms. The predicted molar refractivity (Wildman–Crippen MR) is 87.5 cm³/mol. The molecule has 0 aliphatic rings. The van der Waals surface area contributed by atoms with Crippen LogP contribution in [0.5, 0.6) is 0 Å². The van der Waals surface area contributed by atoms with Gasteiger partial charge in [-0.15, -0.1) is 0 Å². The van der Waals surface area contributed by atoms with Gasteiger partial charge in [0.2, 0.25) is 0 Å². The first-order valence-corrected chi connectivity index (χ1v) is 7.47. The van der Waals surface area contributed by atoms with Crippen molar-refractivity contribution in [3.8, 4) is 0 Å². The fourth-order valence-corrected chi connectivity index (χ4v) is 2.42. The number of halogens is 1. The number of carbonyl (C=O) groups excluding carboxylic acids is 1. The molecule has 0 aromatic heterocycles. The second-order valence-electron chi connectivity index (χ2n) is 4.32. The molecule has 0 bridgehead atoms. The van der Waals surface area contributed by atoms with E-state index in [0.29, 0.717) is 12.1 Å². The van der Waals surface area contributed by atoms with Gasteiger partial charge in [-0.05, 0) is 64.2 Å². The molecule has 4 heteroatoms. The van der Waals surface area contributed by atoms with E-state index in [4.69, 9.17) is 0 Å². The number of nitrogens with one attached hydrogen (secondary N) is 2. The first kappa shape index (κ1) is 14.3. The molecule has 2 aromatic carbocycles. The maximum absolute atomic E-state index is 12.0. The fraction of sp³-hybridized carbons (Fsp3) is 0.267. The van der Waals surface area contributed by atoms with Crippen LogP contribution in [0.1, 0.15) is 17.3 Å². The highest BCUT2D eigenvalue weighted by Gasteiger charge is 2.05. The zero-order valence-electron chi connectivity index (χ0n) is 10.9. The number of benzene rings is 2. The van der Waals surface area contributed by atoms with Crippen LogP contribution in [-0.2, 0) is 0 Å². The van der Waals surface area contributed by atoms with Crippen molar-refractivity contribution < 1.29 is 4.79 Å². The van der Waals surface area contributed by atoms with Gasteiger partial charge in [0.05, 0.1) is 0 Å². The molecule has 2 N–H and O–H groups in total. The van der Waals surface area contributed by atoms with Crippen molar-refractivity contribution in [2.24, 2.45) is 0 Å². The van der Waals surface area contributed by atoms with Crippen molar-refractivity contribution >= 4 is 39.3 Å². The number of fused-ring (bicyclic) bond motifs is 1. The summed E-state index contributed by atoms with van der Waals surface area (Å²) < 4.78 is 1.20. The lowest BCUT2D eigenvalue weighted by atomic mass is 10.1. The zero-order chi connectivity index (χ0) is 13.7. The lowest BCUT2D eigenvalue weighted by Crippen LogP contribution is -2.31. The Labute approximate surface area is 126 Å².